The molecule has 2 aromatic rings. The highest BCUT2D eigenvalue weighted by Crippen LogP contribution is 2.17. The van der Waals surface area contributed by atoms with Crippen LogP contribution in [0.15, 0.2) is 18.5 Å². The van der Waals surface area contributed by atoms with Crippen LogP contribution in [0.5, 0.6) is 0 Å². The normalized spacial score (nSPS) is 17.7. The number of amides is 3. The number of likely N-dealkylation sites (N-methyl/N-ethyl adjacent to an activating group) is 1. The number of likely N-dealkylation sites (tertiary alicyclic amines) is 1. The summed E-state index contributed by atoms with van der Waals surface area (Å²) in [5.74, 6) is -0.847. The third-order valence-corrected chi connectivity index (χ3v) is 5.29. The number of aromatic nitrogens is 3. The summed E-state index contributed by atoms with van der Waals surface area (Å²) in [5.41, 5.74) is 7.30. The minimum absolute atomic E-state index is 0.0823. The molecule has 1 aliphatic heterocycles. The van der Waals surface area contributed by atoms with Gasteiger partial charge in [0.2, 0.25) is 11.8 Å². The van der Waals surface area contributed by atoms with Crippen molar-refractivity contribution in [1.82, 2.24) is 29.7 Å². The van der Waals surface area contributed by atoms with Crippen LogP contribution >= 0.6 is 0 Å². The summed E-state index contributed by atoms with van der Waals surface area (Å²) >= 11 is 0. The van der Waals surface area contributed by atoms with Crippen LogP contribution in [-0.2, 0) is 9.59 Å². The molecule has 0 spiro atoms. The Morgan fingerprint density at radius 2 is 2.17 bits per heavy atom. The lowest BCUT2D eigenvalue weighted by Gasteiger charge is -2.28. The van der Waals surface area contributed by atoms with E-state index >= 15 is 0 Å². The monoisotopic (exact) mass is 401 g/mol. The van der Waals surface area contributed by atoms with Gasteiger partial charge < -0.3 is 16.0 Å². The van der Waals surface area contributed by atoms with Gasteiger partial charge in [0.25, 0.3) is 5.91 Å². The molecule has 1 saturated heterocycles. The van der Waals surface area contributed by atoms with Gasteiger partial charge in [0.05, 0.1) is 17.8 Å². The number of fused-ring (bicyclic) bond motifs is 1. The first-order chi connectivity index (χ1) is 13.8. The molecular weight excluding hydrogens is 374 g/mol. The molecule has 0 radical (unpaired) electrons. The van der Waals surface area contributed by atoms with E-state index < -0.39 is 11.9 Å². The zero-order valence-electron chi connectivity index (χ0n) is 17.0. The van der Waals surface area contributed by atoms with Gasteiger partial charge in [0.15, 0.2) is 5.65 Å². The van der Waals surface area contributed by atoms with Crippen LogP contribution in [0.25, 0.3) is 5.65 Å². The molecule has 3 rings (SSSR count). The average molecular weight is 401 g/mol. The standard InChI is InChI=1S/C19H27N7O3/c1-12-7-16-21-9-14(10-26(16)23-12)19(29)22-8-13(2)24(3)11-17(27)25-6-4-5-15(25)18(20)28/h7,9-10,13,15H,4-6,8,11H2,1-3H3,(H2,20,28)(H,22,29). The molecule has 10 nitrogen and oxygen atoms in total. The maximum Gasteiger partial charge on any atom is 0.254 e. The number of carbonyl (C=O) groups is 3. The molecule has 29 heavy (non-hydrogen) atoms. The van der Waals surface area contributed by atoms with E-state index in [9.17, 15) is 14.4 Å². The molecular formula is C19H27N7O3. The lowest BCUT2D eigenvalue weighted by Crippen LogP contribution is -2.49. The highest BCUT2D eigenvalue weighted by atomic mass is 16.2. The molecule has 3 amide bonds. The Kier molecular flexibility index (Phi) is 6.12. The summed E-state index contributed by atoms with van der Waals surface area (Å²) in [7, 11) is 1.81. The van der Waals surface area contributed by atoms with Crippen molar-refractivity contribution in [2.75, 3.05) is 26.7 Å². The zero-order valence-corrected chi connectivity index (χ0v) is 17.0. The summed E-state index contributed by atoms with van der Waals surface area (Å²) in [6.45, 7) is 4.84. The van der Waals surface area contributed by atoms with Gasteiger partial charge >= 0.3 is 0 Å². The summed E-state index contributed by atoms with van der Waals surface area (Å²) < 4.78 is 1.57. The molecule has 3 N–H and O–H groups in total. The molecule has 1 fully saturated rings. The lowest BCUT2D eigenvalue weighted by atomic mass is 10.2. The second-order valence-corrected chi connectivity index (χ2v) is 7.55. The number of nitrogens with two attached hydrogens (primary N) is 1. The molecule has 3 heterocycles. The Bertz CT molecular complexity index is 926. The Hall–Kier alpha value is -3.01. The molecule has 2 unspecified atom stereocenters. The fourth-order valence-corrected chi connectivity index (χ4v) is 3.43. The van der Waals surface area contributed by atoms with E-state index in [4.69, 9.17) is 5.73 Å². The second-order valence-electron chi connectivity index (χ2n) is 7.55. The van der Waals surface area contributed by atoms with Gasteiger partial charge in [-0.1, -0.05) is 0 Å². The van der Waals surface area contributed by atoms with Crippen LogP contribution in [0, 0.1) is 6.92 Å². The van der Waals surface area contributed by atoms with Crippen LogP contribution < -0.4 is 11.1 Å². The fourth-order valence-electron chi connectivity index (χ4n) is 3.43. The molecule has 1 aliphatic rings. The van der Waals surface area contributed by atoms with Gasteiger partial charge in [-0.2, -0.15) is 5.10 Å². The second kappa shape index (κ2) is 8.56. The van der Waals surface area contributed by atoms with Crippen molar-refractivity contribution < 1.29 is 14.4 Å². The molecule has 0 bridgehead atoms. The van der Waals surface area contributed by atoms with Gasteiger partial charge in [-0.25, -0.2) is 9.50 Å². The molecule has 0 aromatic carbocycles. The van der Waals surface area contributed by atoms with E-state index in [0.29, 0.717) is 30.7 Å². The average Bonchev–Trinajstić information content (AvgIpc) is 3.30. The van der Waals surface area contributed by atoms with Crippen LogP contribution in [0.2, 0.25) is 0 Å². The first-order valence-corrected chi connectivity index (χ1v) is 9.65. The van der Waals surface area contributed by atoms with Crippen molar-refractivity contribution in [3.63, 3.8) is 0 Å². The van der Waals surface area contributed by atoms with E-state index in [1.165, 1.54) is 6.20 Å². The van der Waals surface area contributed by atoms with Crippen LogP contribution in [0.1, 0.15) is 35.8 Å². The minimum Gasteiger partial charge on any atom is -0.368 e. The quantitative estimate of drug-likeness (QED) is 0.648. The maximum absolute atomic E-state index is 12.5. The smallest absolute Gasteiger partial charge is 0.254 e. The van der Waals surface area contributed by atoms with Crippen molar-refractivity contribution in [2.24, 2.45) is 5.73 Å². The first kappa shape index (κ1) is 20.7. The number of aryl methyl sites for hydroxylation is 1. The van der Waals surface area contributed by atoms with Gasteiger partial charge in [-0.15, -0.1) is 0 Å². The third-order valence-electron chi connectivity index (χ3n) is 5.29. The third kappa shape index (κ3) is 4.70. The van der Waals surface area contributed by atoms with Crippen molar-refractivity contribution in [3.05, 3.63) is 29.7 Å². The van der Waals surface area contributed by atoms with Crippen molar-refractivity contribution in [1.29, 1.82) is 0 Å². The number of hydrogen-bond donors (Lipinski definition) is 2. The van der Waals surface area contributed by atoms with E-state index in [-0.39, 0.29) is 24.4 Å². The summed E-state index contributed by atoms with van der Waals surface area (Å²) in [6, 6.07) is 1.24. The van der Waals surface area contributed by atoms with Gasteiger partial charge in [-0.3, -0.25) is 19.3 Å². The van der Waals surface area contributed by atoms with Gasteiger partial charge in [0.1, 0.15) is 6.04 Å². The Morgan fingerprint density at radius 1 is 1.41 bits per heavy atom. The predicted octanol–water partition coefficient (Wildman–Crippen LogP) is -0.436. The summed E-state index contributed by atoms with van der Waals surface area (Å²) in [5, 5.41) is 7.12. The van der Waals surface area contributed by atoms with Crippen LogP contribution in [-0.4, -0.2) is 80.9 Å². The van der Waals surface area contributed by atoms with Crippen LogP contribution in [0.3, 0.4) is 0 Å². The SMILES string of the molecule is Cc1cc2ncc(C(=O)NCC(C)N(C)CC(=O)N3CCCC3C(N)=O)cn2n1. The Balaban J connectivity index is 1.52. The van der Waals surface area contributed by atoms with E-state index in [2.05, 4.69) is 15.4 Å². The number of rotatable bonds is 7. The van der Waals surface area contributed by atoms with E-state index in [1.54, 1.807) is 15.6 Å². The Labute approximate surface area is 169 Å². The zero-order chi connectivity index (χ0) is 21.1. The number of hydrogen-bond acceptors (Lipinski definition) is 6. The van der Waals surface area contributed by atoms with Crippen molar-refractivity contribution in [2.45, 2.75) is 38.8 Å². The molecule has 0 saturated carbocycles. The lowest BCUT2D eigenvalue weighted by molar-refractivity contribution is -0.138. The van der Waals surface area contributed by atoms with Crippen molar-refractivity contribution in [3.8, 4) is 0 Å². The number of primary amides is 1. The number of carbonyl (C=O) groups excluding carboxylic acids is 3. The minimum atomic E-state index is -0.515. The maximum atomic E-state index is 12.5. The van der Waals surface area contributed by atoms with Crippen molar-refractivity contribution >= 4 is 23.4 Å². The molecule has 10 heteroatoms. The number of nitrogens with zero attached hydrogens (tertiary/aromatic N) is 5. The number of nitrogens with one attached hydrogen (secondary N) is 1. The summed E-state index contributed by atoms with van der Waals surface area (Å²) in [4.78, 5) is 44.1. The van der Waals surface area contributed by atoms with Gasteiger partial charge in [-0.05, 0) is 33.7 Å². The Morgan fingerprint density at radius 3 is 2.90 bits per heavy atom. The fraction of sp³-hybridized carbons (Fsp3) is 0.526. The largest absolute Gasteiger partial charge is 0.368 e. The van der Waals surface area contributed by atoms with Crippen LogP contribution in [0.4, 0.5) is 0 Å². The summed E-state index contributed by atoms with van der Waals surface area (Å²) in [6.07, 6.45) is 4.55. The predicted molar refractivity (Wildman–Crippen MR) is 106 cm³/mol. The topological polar surface area (TPSA) is 126 Å². The molecule has 2 aromatic heterocycles. The molecule has 0 aliphatic carbocycles. The molecule has 2 atom stereocenters. The first-order valence-electron chi connectivity index (χ1n) is 9.65. The van der Waals surface area contributed by atoms with E-state index in [1.807, 2.05) is 31.9 Å². The highest BCUT2D eigenvalue weighted by Gasteiger charge is 2.33. The van der Waals surface area contributed by atoms with E-state index in [0.717, 1.165) is 12.1 Å². The highest BCUT2D eigenvalue weighted by molar-refractivity contribution is 5.93. The van der Waals surface area contributed by atoms with Gasteiger partial charge in [0, 0.05) is 37.6 Å². The molecule has 156 valence electrons.